The maximum Gasteiger partial charge on any atom is 0.240 e. The van der Waals surface area contributed by atoms with Crippen LogP contribution in [-0.4, -0.2) is 51.9 Å². The molecule has 1 heterocycles. The average molecular weight is 388 g/mol. The Hall–Kier alpha value is -1.15. The Morgan fingerprint density at radius 3 is 2.52 bits per heavy atom. The molecule has 0 saturated carbocycles. The molecule has 0 aliphatic carbocycles. The van der Waals surface area contributed by atoms with Crippen molar-refractivity contribution >= 4 is 27.5 Å². The van der Waals surface area contributed by atoms with Gasteiger partial charge < -0.3 is 5.32 Å². The van der Waals surface area contributed by atoms with Crippen LogP contribution >= 0.6 is 11.6 Å². The van der Waals surface area contributed by atoms with Gasteiger partial charge in [0, 0.05) is 37.1 Å². The zero-order chi connectivity index (χ0) is 18.8. The third-order valence-corrected chi connectivity index (χ3v) is 6.91. The van der Waals surface area contributed by atoms with E-state index >= 15 is 0 Å². The molecule has 0 aromatic heterocycles. The number of carbonyl (C=O) groups is 1. The Kier molecular flexibility index (Phi) is 6.48. The minimum atomic E-state index is -3.60. The van der Waals surface area contributed by atoms with Gasteiger partial charge in [-0.25, -0.2) is 13.1 Å². The molecular weight excluding hydrogens is 362 g/mol. The molecule has 0 unspecified atom stereocenters. The SMILES string of the molecule is CNC(=O)C[C@H]1CC[C@@H](CNS(=O)(=O)c2cc(C)c(Cl)cc2C)N1C. The van der Waals surface area contributed by atoms with E-state index in [1.165, 1.54) is 0 Å². The lowest BCUT2D eigenvalue weighted by atomic mass is 10.1. The molecular formula is C17H26ClN3O3S. The number of likely N-dealkylation sites (N-methyl/N-ethyl adjacent to an activating group) is 1. The van der Waals surface area contributed by atoms with Crippen LogP contribution in [0.5, 0.6) is 0 Å². The second-order valence-corrected chi connectivity index (χ2v) is 8.79. The monoisotopic (exact) mass is 387 g/mol. The van der Waals surface area contributed by atoms with Crippen molar-refractivity contribution in [1.29, 1.82) is 0 Å². The minimum absolute atomic E-state index is 0.00495. The highest BCUT2D eigenvalue weighted by Gasteiger charge is 2.32. The first-order valence-corrected chi connectivity index (χ1v) is 10.2. The Morgan fingerprint density at radius 2 is 1.88 bits per heavy atom. The minimum Gasteiger partial charge on any atom is -0.359 e. The van der Waals surface area contributed by atoms with E-state index in [2.05, 4.69) is 14.9 Å². The van der Waals surface area contributed by atoms with E-state index in [4.69, 9.17) is 11.6 Å². The fourth-order valence-corrected chi connectivity index (χ4v) is 4.83. The lowest BCUT2D eigenvalue weighted by molar-refractivity contribution is -0.121. The molecule has 25 heavy (non-hydrogen) atoms. The number of halogens is 1. The van der Waals surface area contributed by atoms with Crippen LogP contribution in [0, 0.1) is 13.8 Å². The van der Waals surface area contributed by atoms with Gasteiger partial charge in [0.2, 0.25) is 15.9 Å². The molecule has 2 atom stereocenters. The van der Waals surface area contributed by atoms with Gasteiger partial charge in [0.15, 0.2) is 0 Å². The summed E-state index contributed by atoms with van der Waals surface area (Å²) in [7, 11) is -0.0348. The van der Waals surface area contributed by atoms with Crippen LogP contribution in [0.1, 0.15) is 30.4 Å². The summed E-state index contributed by atoms with van der Waals surface area (Å²) in [5.41, 5.74) is 1.36. The quantitative estimate of drug-likeness (QED) is 0.780. The van der Waals surface area contributed by atoms with E-state index in [1.807, 2.05) is 7.05 Å². The van der Waals surface area contributed by atoms with Gasteiger partial charge in [-0.05, 0) is 57.0 Å². The van der Waals surface area contributed by atoms with Crippen LogP contribution in [0.2, 0.25) is 5.02 Å². The summed E-state index contributed by atoms with van der Waals surface area (Å²) in [6, 6.07) is 3.51. The van der Waals surface area contributed by atoms with E-state index in [1.54, 1.807) is 33.0 Å². The van der Waals surface area contributed by atoms with Gasteiger partial charge in [-0.1, -0.05) is 11.6 Å². The zero-order valence-corrected chi connectivity index (χ0v) is 16.7. The Bertz CT molecular complexity index is 752. The second-order valence-electron chi connectivity index (χ2n) is 6.65. The normalized spacial score (nSPS) is 21.5. The summed E-state index contributed by atoms with van der Waals surface area (Å²) in [6.45, 7) is 3.85. The fraction of sp³-hybridized carbons (Fsp3) is 0.588. The molecule has 1 fully saturated rings. The smallest absolute Gasteiger partial charge is 0.240 e. The maximum atomic E-state index is 12.6. The topological polar surface area (TPSA) is 78.5 Å². The first-order valence-electron chi connectivity index (χ1n) is 8.34. The molecule has 140 valence electrons. The summed E-state index contributed by atoms with van der Waals surface area (Å²) in [4.78, 5) is 13.9. The standard InChI is InChI=1S/C17H26ClN3O3S/c1-11-8-16(12(2)7-15(11)18)25(23,24)20-10-14-6-5-13(21(14)4)9-17(22)19-3/h7-8,13-14,20H,5-6,9-10H2,1-4H3,(H,19,22)/t13-,14+/m1/s1. The maximum absolute atomic E-state index is 12.6. The third-order valence-electron chi connectivity index (χ3n) is 4.94. The summed E-state index contributed by atoms with van der Waals surface area (Å²) < 4.78 is 28.0. The van der Waals surface area contributed by atoms with Gasteiger partial charge in [0.05, 0.1) is 4.90 Å². The van der Waals surface area contributed by atoms with Gasteiger partial charge in [-0.3, -0.25) is 9.69 Å². The largest absolute Gasteiger partial charge is 0.359 e. The number of likely N-dealkylation sites (tertiary alicyclic amines) is 1. The van der Waals surface area contributed by atoms with Gasteiger partial charge in [-0.2, -0.15) is 0 Å². The number of hydrogen-bond donors (Lipinski definition) is 2. The van der Waals surface area contributed by atoms with Crippen LogP contribution < -0.4 is 10.0 Å². The van der Waals surface area contributed by atoms with Crippen LogP contribution in [-0.2, 0) is 14.8 Å². The van der Waals surface area contributed by atoms with Crippen molar-refractivity contribution in [2.24, 2.45) is 0 Å². The number of nitrogens with zero attached hydrogens (tertiary/aromatic N) is 1. The first kappa shape index (κ1) is 20.2. The number of nitrogens with one attached hydrogen (secondary N) is 2. The summed E-state index contributed by atoms with van der Waals surface area (Å²) >= 11 is 6.05. The van der Waals surface area contributed by atoms with Crippen molar-refractivity contribution in [3.63, 3.8) is 0 Å². The lowest BCUT2D eigenvalue weighted by Gasteiger charge is -2.25. The number of aryl methyl sites for hydroxylation is 2. The highest BCUT2D eigenvalue weighted by atomic mass is 35.5. The van der Waals surface area contributed by atoms with Gasteiger partial charge in [0.1, 0.15) is 0 Å². The fourth-order valence-electron chi connectivity index (χ4n) is 3.23. The number of benzene rings is 1. The van der Waals surface area contributed by atoms with Crippen LogP contribution in [0.15, 0.2) is 17.0 Å². The van der Waals surface area contributed by atoms with Crippen LogP contribution in [0.4, 0.5) is 0 Å². The summed E-state index contributed by atoms with van der Waals surface area (Å²) in [5.74, 6) is 0.00495. The lowest BCUT2D eigenvalue weighted by Crippen LogP contribution is -2.42. The second kappa shape index (κ2) is 8.03. The van der Waals surface area contributed by atoms with Crippen molar-refractivity contribution in [3.8, 4) is 0 Å². The van der Waals surface area contributed by atoms with E-state index in [0.29, 0.717) is 23.6 Å². The molecule has 1 aliphatic heterocycles. The molecule has 8 heteroatoms. The highest BCUT2D eigenvalue weighted by molar-refractivity contribution is 7.89. The average Bonchev–Trinajstić information content (AvgIpc) is 2.89. The van der Waals surface area contributed by atoms with Crippen LogP contribution in [0.25, 0.3) is 0 Å². The van der Waals surface area contributed by atoms with E-state index in [0.717, 1.165) is 18.4 Å². The summed E-state index contributed by atoms with van der Waals surface area (Å²) in [6.07, 6.45) is 2.18. The van der Waals surface area contributed by atoms with Gasteiger partial charge in [0.25, 0.3) is 0 Å². The van der Waals surface area contributed by atoms with Crippen molar-refractivity contribution < 1.29 is 13.2 Å². The predicted molar refractivity (Wildman–Crippen MR) is 99.4 cm³/mol. The molecule has 0 spiro atoms. The molecule has 2 N–H and O–H groups in total. The summed E-state index contributed by atoms with van der Waals surface area (Å²) in [5, 5.41) is 3.19. The van der Waals surface area contributed by atoms with Crippen molar-refractivity contribution in [3.05, 3.63) is 28.3 Å². The van der Waals surface area contributed by atoms with Crippen LogP contribution in [0.3, 0.4) is 0 Å². The molecule has 0 radical (unpaired) electrons. The van der Waals surface area contributed by atoms with E-state index < -0.39 is 10.0 Å². The van der Waals surface area contributed by atoms with Crippen molar-refractivity contribution in [2.75, 3.05) is 20.6 Å². The van der Waals surface area contributed by atoms with Crippen molar-refractivity contribution in [1.82, 2.24) is 14.9 Å². The first-order chi connectivity index (χ1) is 11.7. The number of carbonyl (C=O) groups excluding carboxylic acids is 1. The third kappa shape index (κ3) is 4.73. The molecule has 1 amide bonds. The zero-order valence-electron chi connectivity index (χ0n) is 15.1. The van der Waals surface area contributed by atoms with Gasteiger partial charge in [-0.15, -0.1) is 0 Å². The van der Waals surface area contributed by atoms with Crippen molar-refractivity contribution in [2.45, 2.75) is 50.1 Å². The Morgan fingerprint density at radius 1 is 1.24 bits per heavy atom. The number of sulfonamides is 1. The predicted octanol–water partition coefficient (Wildman–Crippen LogP) is 1.83. The molecule has 2 rings (SSSR count). The molecule has 1 aliphatic rings. The molecule has 1 aromatic rings. The number of rotatable bonds is 6. The highest BCUT2D eigenvalue weighted by Crippen LogP contribution is 2.26. The van der Waals surface area contributed by atoms with E-state index in [-0.39, 0.29) is 22.9 Å². The Balaban J connectivity index is 2.03. The van der Waals surface area contributed by atoms with E-state index in [9.17, 15) is 13.2 Å². The molecule has 6 nitrogen and oxygen atoms in total. The number of hydrogen-bond acceptors (Lipinski definition) is 4. The molecule has 0 bridgehead atoms. The number of amides is 1. The molecule has 1 saturated heterocycles. The van der Waals surface area contributed by atoms with Gasteiger partial charge >= 0.3 is 0 Å². The Labute approximate surface area is 155 Å². The molecule has 1 aromatic carbocycles.